The molecule has 0 spiro atoms. The third-order valence-electron chi connectivity index (χ3n) is 0.745. The van der Waals surface area contributed by atoms with Gasteiger partial charge in [0, 0.05) is 12.0 Å². The zero-order valence-electron chi connectivity index (χ0n) is 4.27. The summed E-state index contributed by atoms with van der Waals surface area (Å²) in [5.41, 5.74) is 0. The number of hydrogen-bond acceptors (Lipinski definition) is 2. The van der Waals surface area contributed by atoms with Crippen LogP contribution >= 0.6 is 11.9 Å². The predicted octanol–water partition coefficient (Wildman–Crippen LogP) is 1.79. The van der Waals surface area contributed by atoms with Crippen molar-refractivity contribution >= 4 is 11.9 Å². The van der Waals surface area contributed by atoms with Gasteiger partial charge in [-0.15, -0.1) is 13.2 Å². The minimum atomic E-state index is -4.24. The first-order valence-corrected chi connectivity index (χ1v) is 3.10. The first-order chi connectivity index (χ1) is 4.11. The summed E-state index contributed by atoms with van der Waals surface area (Å²) in [4.78, 5) is 0. The summed E-state index contributed by atoms with van der Waals surface area (Å²) >= 11 is 0.691. The van der Waals surface area contributed by atoms with Crippen LogP contribution in [0.15, 0.2) is 6.20 Å². The molecule has 1 rings (SSSR count). The van der Waals surface area contributed by atoms with Crippen molar-refractivity contribution in [1.82, 2.24) is 4.31 Å². The lowest BCUT2D eigenvalue weighted by Gasteiger charge is -2.16. The molecule has 0 bridgehead atoms. The van der Waals surface area contributed by atoms with E-state index in [0.29, 0.717) is 17.7 Å². The number of alkyl halides is 3. The van der Waals surface area contributed by atoms with Gasteiger partial charge in [-0.25, -0.2) is 4.31 Å². The highest BCUT2D eigenvalue weighted by molar-refractivity contribution is 7.97. The van der Waals surface area contributed by atoms with E-state index in [4.69, 9.17) is 0 Å². The Hall–Kier alpha value is -0.320. The van der Waals surface area contributed by atoms with Crippen LogP contribution in [0.5, 0.6) is 0 Å². The van der Waals surface area contributed by atoms with E-state index in [1.165, 1.54) is 0 Å². The van der Waals surface area contributed by atoms with Gasteiger partial charge in [-0.2, -0.15) is 0 Å². The molecule has 1 heterocycles. The Labute approximate surface area is 54.7 Å². The molecule has 0 fully saturated rings. The van der Waals surface area contributed by atoms with Crippen LogP contribution in [0.4, 0.5) is 13.2 Å². The molecule has 1 aliphatic rings. The monoisotopic (exact) mass is 154 g/mol. The summed E-state index contributed by atoms with van der Waals surface area (Å²) in [6.45, 7) is 0. The minimum absolute atomic E-state index is 0.229. The molecule has 0 aromatic heterocycles. The number of rotatable bonds is 0. The Balaban J connectivity index is 2.53. The maximum absolute atomic E-state index is 11.6. The van der Waals surface area contributed by atoms with Gasteiger partial charge in [0.2, 0.25) is 0 Å². The molecule has 0 amide bonds. The topological polar surface area (TPSA) is 3.24 Å². The van der Waals surface area contributed by atoms with Crippen molar-refractivity contribution in [3.63, 3.8) is 0 Å². The lowest BCUT2D eigenvalue weighted by Crippen LogP contribution is -2.25. The Morgan fingerprint density at radius 2 is 2.22 bits per heavy atom. The Bertz CT molecular complexity index is 130. The third-order valence-corrected chi connectivity index (χ3v) is 1.63. The first-order valence-electron chi connectivity index (χ1n) is 2.16. The maximum Gasteiger partial charge on any atom is 0.494 e. The van der Waals surface area contributed by atoms with Crippen LogP contribution in [0.1, 0.15) is 0 Å². The summed E-state index contributed by atoms with van der Waals surface area (Å²) in [5.74, 6) is 0.291. The number of hydrogen-bond donors (Lipinski definition) is 0. The van der Waals surface area contributed by atoms with Gasteiger partial charge in [0.15, 0.2) is 0 Å². The van der Waals surface area contributed by atoms with E-state index in [0.717, 1.165) is 6.20 Å². The molecule has 0 aromatic rings. The van der Waals surface area contributed by atoms with Crippen LogP contribution in [0.25, 0.3) is 0 Å². The fraction of sp³-hybridized carbons (Fsp3) is 0.500. The summed E-state index contributed by atoms with van der Waals surface area (Å²) < 4.78 is 35.0. The second-order valence-electron chi connectivity index (χ2n) is 1.40. The van der Waals surface area contributed by atoms with Gasteiger partial charge >= 0.3 is 6.30 Å². The van der Waals surface area contributed by atoms with Gasteiger partial charge in [0.1, 0.15) is 0 Å². The largest absolute Gasteiger partial charge is 0.494 e. The smallest absolute Gasteiger partial charge is 0.232 e. The Kier molecular flexibility index (Phi) is 1.61. The van der Waals surface area contributed by atoms with Crippen LogP contribution in [-0.2, 0) is 0 Å². The van der Waals surface area contributed by atoms with E-state index in [1.807, 2.05) is 0 Å². The van der Waals surface area contributed by atoms with Gasteiger partial charge in [-0.05, 0) is 18.0 Å². The predicted molar refractivity (Wildman–Crippen MR) is 28.2 cm³/mol. The molecule has 1 radical (unpaired) electrons. The highest BCUT2D eigenvalue weighted by Gasteiger charge is 2.36. The summed E-state index contributed by atoms with van der Waals surface area (Å²) in [6, 6.07) is 0. The third kappa shape index (κ3) is 1.54. The molecular weight excluding hydrogens is 151 g/mol. The lowest BCUT2D eigenvalue weighted by molar-refractivity contribution is -0.191. The van der Waals surface area contributed by atoms with Crippen molar-refractivity contribution in [2.75, 3.05) is 5.75 Å². The molecule has 9 heavy (non-hydrogen) atoms. The van der Waals surface area contributed by atoms with Crippen molar-refractivity contribution in [2.24, 2.45) is 0 Å². The Morgan fingerprint density at radius 1 is 1.56 bits per heavy atom. The van der Waals surface area contributed by atoms with E-state index >= 15 is 0 Å². The standard InChI is InChI=1S/C4H3F3NS/c5-4(6,7)8-2-1-3-9-8/h2H,3H2. The molecule has 0 N–H and O–H groups in total. The van der Waals surface area contributed by atoms with Crippen LogP contribution in [0.3, 0.4) is 0 Å². The zero-order chi connectivity index (χ0) is 6.91. The van der Waals surface area contributed by atoms with Gasteiger partial charge < -0.3 is 0 Å². The van der Waals surface area contributed by atoms with Crippen LogP contribution in [0.2, 0.25) is 0 Å². The van der Waals surface area contributed by atoms with E-state index in [-0.39, 0.29) is 4.31 Å². The highest BCUT2D eigenvalue weighted by Crippen LogP contribution is 2.31. The average Bonchev–Trinajstić information content (AvgIpc) is 2.08. The van der Waals surface area contributed by atoms with Crippen LogP contribution in [0, 0.1) is 6.08 Å². The highest BCUT2D eigenvalue weighted by atomic mass is 32.2. The molecule has 1 nitrogen and oxygen atoms in total. The SMILES string of the molecule is FC(F)(F)N1C=[C]CS1. The maximum atomic E-state index is 11.6. The van der Waals surface area contributed by atoms with E-state index in [1.54, 1.807) is 0 Å². The molecule has 51 valence electrons. The average molecular weight is 154 g/mol. The van der Waals surface area contributed by atoms with Crippen molar-refractivity contribution in [3.8, 4) is 0 Å². The molecule has 0 atom stereocenters. The molecule has 0 saturated heterocycles. The quantitative estimate of drug-likeness (QED) is 0.386. The van der Waals surface area contributed by atoms with E-state index in [2.05, 4.69) is 6.08 Å². The van der Waals surface area contributed by atoms with Gasteiger partial charge in [-0.1, -0.05) is 0 Å². The fourth-order valence-corrected chi connectivity index (χ4v) is 0.994. The second kappa shape index (κ2) is 2.13. The second-order valence-corrected chi connectivity index (χ2v) is 2.34. The molecule has 0 aromatic carbocycles. The minimum Gasteiger partial charge on any atom is -0.232 e. The molecule has 5 heteroatoms. The van der Waals surface area contributed by atoms with Gasteiger partial charge in [0.05, 0.1) is 0 Å². The summed E-state index contributed by atoms with van der Waals surface area (Å²) in [6.07, 6.45) is -0.912. The molecule has 0 aliphatic carbocycles. The lowest BCUT2D eigenvalue weighted by atomic mass is 10.7. The van der Waals surface area contributed by atoms with Crippen LogP contribution < -0.4 is 0 Å². The van der Waals surface area contributed by atoms with Gasteiger partial charge in [0.25, 0.3) is 0 Å². The van der Waals surface area contributed by atoms with Gasteiger partial charge in [-0.3, -0.25) is 0 Å². The van der Waals surface area contributed by atoms with E-state index < -0.39 is 6.30 Å². The summed E-state index contributed by atoms with van der Waals surface area (Å²) in [7, 11) is 0. The normalized spacial score (nSPS) is 19.2. The Morgan fingerprint density at radius 3 is 2.44 bits per heavy atom. The van der Waals surface area contributed by atoms with Crippen LogP contribution in [-0.4, -0.2) is 16.4 Å². The zero-order valence-corrected chi connectivity index (χ0v) is 5.09. The molecule has 0 unspecified atom stereocenters. The van der Waals surface area contributed by atoms with E-state index in [9.17, 15) is 13.2 Å². The van der Waals surface area contributed by atoms with Crippen molar-refractivity contribution in [3.05, 3.63) is 12.3 Å². The number of halogens is 3. The number of nitrogens with zero attached hydrogens (tertiary/aromatic N) is 1. The first kappa shape index (κ1) is 6.80. The fourth-order valence-electron chi connectivity index (χ4n) is 0.411. The van der Waals surface area contributed by atoms with Crippen molar-refractivity contribution in [1.29, 1.82) is 0 Å². The van der Waals surface area contributed by atoms with Crippen molar-refractivity contribution < 1.29 is 13.2 Å². The molecular formula is C4H3F3NS. The summed E-state index contributed by atoms with van der Waals surface area (Å²) in [5, 5.41) is 0. The molecule has 1 aliphatic heterocycles. The van der Waals surface area contributed by atoms with Crippen molar-refractivity contribution in [2.45, 2.75) is 6.30 Å². The molecule has 0 saturated carbocycles.